The van der Waals surface area contributed by atoms with Crippen LogP contribution in [0.2, 0.25) is 0 Å². The molecule has 0 spiro atoms. The van der Waals surface area contributed by atoms with Crippen LogP contribution in [0.15, 0.2) is 29.2 Å². The summed E-state index contributed by atoms with van der Waals surface area (Å²) in [5.74, 6) is 1.10. The molecular formula is C15H24N2O2S. The van der Waals surface area contributed by atoms with Gasteiger partial charge in [-0.15, -0.1) is 0 Å². The Bertz CT molecular complexity index is 525. The van der Waals surface area contributed by atoms with Crippen LogP contribution in [0, 0.1) is 11.8 Å². The monoisotopic (exact) mass is 296 g/mol. The van der Waals surface area contributed by atoms with Gasteiger partial charge in [0.15, 0.2) is 0 Å². The molecular weight excluding hydrogens is 272 g/mol. The van der Waals surface area contributed by atoms with Crippen molar-refractivity contribution in [2.45, 2.75) is 37.6 Å². The predicted molar refractivity (Wildman–Crippen MR) is 80.9 cm³/mol. The summed E-state index contributed by atoms with van der Waals surface area (Å²) in [6, 6.07) is 7.05. The Labute approximate surface area is 122 Å². The van der Waals surface area contributed by atoms with E-state index in [1.165, 1.54) is 12.8 Å². The van der Waals surface area contributed by atoms with Crippen LogP contribution in [-0.4, -0.2) is 22.0 Å². The van der Waals surface area contributed by atoms with Crippen LogP contribution in [0.5, 0.6) is 0 Å². The van der Waals surface area contributed by atoms with Crippen molar-refractivity contribution in [2.24, 2.45) is 11.8 Å². The summed E-state index contributed by atoms with van der Waals surface area (Å²) in [6.45, 7) is 3.51. The van der Waals surface area contributed by atoms with Crippen LogP contribution in [0.3, 0.4) is 0 Å². The van der Waals surface area contributed by atoms with Gasteiger partial charge in [-0.2, -0.15) is 0 Å². The number of nitrogens with one attached hydrogen (secondary N) is 2. The lowest BCUT2D eigenvalue weighted by atomic mass is 9.99. The molecule has 1 aromatic rings. The molecule has 5 heteroatoms. The minimum Gasteiger partial charge on any atom is -0.316 e. The van der Waals surface area contributed by atoms with Gasteiger partial charge in [0.25, 0.3) is 0 Å². The van der Waals surface area contributed by atoms with E-state index < -0.39 is 10.0 Å². The Kier molecular flexibility index (Phi) is 5.18. The SMILES string of the molecule is CNCc1ccc(S(=O)(=O)NCC2CCCC2C)cc1. The Morgan fingerprint density at radius 3 is 2.45 bits per heavy atom. The van der Waals surface area contributed by atoms with Gasteiger partial charge in [0.05, 0.1) is 4.90 Å². The highest BCUT2D eigenvalue weighted by Gasteiger charge is 2.25. The molecule has 0 radical (unpaired) electrons. The van der Waals surface area contributed by atoms with E-state index in [1.54, 1.807) is 12.1 Å². The molecule has 0 aromatic heterocycles. The Hall–Kier alpha value is -0.910. The molecule has 0 amide bonds. The molecule has 0 saturated heterocycles. The lowest BCUT2D eigenvalue weighted by molar-refractivity contribution is 0.414. The quantitative estimate of drug-likeness (QED) is 0.845. The lowest BCUT2D eigenvalue weighted by Gasteiger charge is -2.16. The van der Waals surface area contributed by atoms with E-state index in [4.69, 9.17) is 0 Å². The number of benzene rings is 1. The average molecular weight is 296 g/mol. The van der Waals surface area contributed by atoms with E-state index in [-0.39, 0.29) is 0 Å². The molecule has 2 unspecified atom stereocenters. The Balaban J connectivity index is 1.98. The van der Waals surface area contributed by atoms with Crippen LogP contribution in [0.25, 0.3) is 0 Å². The lowest BCUT2D eigenvalue weighted by Crippen LogP contribution is -2.30. The second-order valence-corrected chi connectivity index (χ2v) is 7.46. The van der Waals surface area contributed by atoms with Crippen molar-refractivity contribution in [3.05, 3.63) is 29.8 Å². The third kappa shape index (κ3) is 3.81. The van der Waals surface area contributed by atoms with E-state index in [1.807, 2.05) is 19.2 Å². The van der Waals surface area contributed by atoms with Crippen molar-refractivity contribution >= 4 is 10.0 Å². The zero-order valence-electron chi connectivity index (χ0n) is 12.2. The maximum absolute atomic E-state index is 12.2. The van der Waals surface area contributed by atoms with E-state index in [2.05, 4.69) is 17.0 Å². The summed E-state index contributed by atoms with van der Waals surface area (Å²) in [4.78, 5) is 0.350. The fourth-order valence-corrected chi connectivity index (χ4v) is 3.91. The third-order valence-corrected chi connectivity index (χ3v) is 5.63. The summed E-state index contributed by atoms with van der Waals surface area (Å²) in [5, 5.41) is 3.04. The average Bonchev–Trinajstić information content (AvgIpc) is 2.83. The van der Waals surface area contributed by atoms with E-state index >= 15 is 0 Å². The molecule has 0 bridgehead atoms. The first-order chi connectivity index (χ1) is 9.53. The summed E-state index contributed by atoms with van der Waals surface area (Å²) in [7, 11) is -1.50. The summed E-state index contributed by atoms with van der Waals surface area (Å²) in [5.41, 5.74) is 1.08. The van der Waals surface area contributed by atoms with Gasteiger partial charge >= 0.3 is 0 Å². The smallest absolute Gasteiger partial charge is 0.240 e. The number of hydrogen-bond acceptors (Lipinski definition) is 3. The van der Waals surface area contributed by atoms with E-state index in [0.29, 0.717) is 23.3 Å². The van der Waals surface area contributed by atoms with E-state index in [0.717, 1.165) is 18.5 Å². The fourth-order valence-electron chi connectivity index (χ4n) is 2.82. The van der Waals surface area contributed by atoms with Gasteiger partial charge in [0, 0.05) is 13.1 Å². The van der Waals surface area contributed by atoms with Gasteiger partial charge in [-0.25, -0.2) is 13.1 Å². The number of rotatable bonds is 6. The highest BCUT2D eigenvalue weighted by atomic mass is 32.2. The third-order valence-electron chi connectivity index (χ3n) is 4.19. The Morgan fingerprint density at radius 2 is 1.90 bits per heavy atom. The highest BCUT2D eigenvalue weighted by molar-refractivity contribution is 7.89. The molecule has 2 rings (SSSR count). The molecule has 2 N–H and O–H groups in total. The molecule has 0 heterocycles. The van der Waals surface area contributed by atoms with Crippen molar-refractivity contribution in [1.29, 1.82) is 0 Å². The molecule has 1 aliphatic carbocycles. The number of sulfonamides is 1. The molecule has 0 aliphatic heterocycles. The largest absolute Gasteiger partial charge is 0.316 e. The summed E-state index contributed by atoms with van der Waals surface area (Å²) >= 11 is 0. The molecule has 1 aromatic carbocycles. The topological polar surface area (TPSA) is 58.2 Å². The minimum atomic E-state index is -3.37. The number of hydrogen-bond donors (Lipinski definition) is 2. The van der Waals surface area contributed by atoms with Crippen LogP contribution >= 0.6 is 0 Å². The van der Waals surface area contributed by atoms with Crippen LogP contribution < -0.4 is 10.0 Å². The van der Waals surface area contributed by atoms with E-state index in [9.17, 15) is 8.42 Å². The molecule has 2 atom stereocenters. The van der Waals surface area contributed by atoms with Gasteiger partial charge < -0.3 is 5.32 Å². The summed E-state index contributed by atoms with van der Waals surface area (Å²) < 4.78 is 27.2. The maximum Gasteiger partial charge on any atom is 0.240 e. The normalized spacial score (nSPS) is 23.1. The van der Waals surface area contributed by atoms with Gasteiger partial charge in [0.1, 0.15) is 0 Å². The maximum atomic E-state index is 12.2. The molecule has 4 nitrogen and oxygen atoms in total. The zero-order chi connectivity index (χ0) is 14.6. The first-order valence-corrected chi connectivity index (χ1v) is 8.74. The van der Waals surface area contributed by atoms with Gasteiger partial charge in [-0.1, -0.05) is 31.9 Å². The van der Waals surface area contributed by atoms with Crippen molar-refractivity contribution in [1.82, 2.24) is 10.0 Å². The second kappa shape index (κ2) is 6.70. The molecule has 1 saturated carbocycles. The molecule has 20 heavy (non-hydrogen) atoms. The summed E-state index contributed by atoms with van der Waals surface area (Å²) in [6.07, 6.45) is 3.56. The van der Waals surface area contributed by atoms with Crippen LogP contribution in [0.1, 0.15) is 31.7 Å². The molecule has 1 fully saturated rings. The second-order valence-electron chi connectivity index (χ2n) is 5.69. The minimum absolute atomic E-state index is 0.350. The van der Waals surface area contributed by atoms with Crippen molar-refractivity contribution in [3.63, 3.8) is 0 Å². The van der Waals surface area contributed by atoms with Crippen molar-refractivity contribution in [3.8, 4) is 0 Å². The van der Waals surface area contributed by atoms with Crippen molar-refractivity contribution < 1.29 is 8.42 Å². The first kappa shape index (κ1) is 15.5. The zero-order valence-corrected chi connectivity index (χ0v) is 13.0. The molecule has 112 valence electrons. The Morgan fingerprint density at radius 1 is 1.20 bits per heavy atom. The fraction of sp³-hybridized carbons (Fsp3) is 0.600. The van der Waals surface area contributed by atoms with Gasteiger partial charge in [-0.3, -0.25) is 0 Å². The predicted octanol–water partition coefficient (Wildman–Crippen LogP) is 2.12. The van der Waals surface area contributed by atoms with Crippen molar-refractivity contribution in [2.75, 3.05) is 13.6 Å². The standard InChI is InChI=1S/C15H24N2O2S/c1-12-4-3-5-14(12)11-17-20(18,19)15-8-6-13(7-9-15)10-16-2/h6-9,12,14,16-17H,3-5,10-11H2,1-2H3. The van der Waals surface area contributed by atoms with Gasteiger partial charge in [0.2, 0.25) is 10.0 Å². The highest BCUT2D eigenvalue weighted by Crippen LogP contribution is 2.30. The first-order valence-electron chi connectivity index (χ1n) is 7.26. The van der Waals surface area contributed by atoms with Crippen LogP contribution in [-0.2, 0) is 16.6 Å². The van der Waals surface area contributed by atoms with Crippen LogP contribution in [0.4, 0.5) is 0 Å². The van der Waals surface area contributed by atoms with Gasteiger partial charge in [-0.05, 0) is 43.0 Å². The molecule has 1 aliphatic rings.